The molecule has 20 heavy (non-hydrogen) atoms. The maximum absolute atomic E-state index is 11.6. The molecule has 0 spiro atoms. The van der Waals surface area contributed by atoms with Crippen LogP contribution in [0.15, 0.2) is 12.4 Å². The number of anilines is 1. The molecule has 7 heteroatoms. The van der Waals surface area contributed by atoms with Crippen LogP contribution >= 0.6 is 0 Å². The van der Waals surface area contributed by atoms with E-state index in [-0.39, 0.29) is 11.8 Å². The Hall–Kier alpha value is -1.08. The maximum atomic E-state index is 11.6. The molecule has 0 aromatic carbocycles. The Morgan fingerprint density at radius 2 is 2.40 bits per heavy atom. The van der Waals surface area contributed by atoms with Crippen LogP contribution in [0.4, 0.5) is 5.95 Å². The second kappa shape index (κ2) is 7.08. The lowest BCUT2D eigenvalue weighted by Gasteiger charge is -2.23. The number of aryl methyl sites for hydroxylation is 1. The van der Waals surface area contributed by atoms with Gasteiger partial charge < -0.3 is 14.6 Å². The fourth-order valence-electron chi connectivity index (χ4n) is 2.43. The van der Waals surface area contributed by atoms with Crippen molar-refractivity contribution in [2.24, 2.45) is 0 Å². The first-order valence-corrected chi connectivity index (χ1v) is 8.98. The van der Waals surface area contributed by atoms with E-state index in [1.165, 1.54) is 0 Å². The summed E-state index contributed by atoms with van der Waals surface area (Å²) < 4.78 is 30.6. The highest BCUT2D eigenvalue weighted by atomic mass is 32.2. The van der Waals surface area contributed by atoms with E-state index in [2.05, 4.69) is 10.3 Å². The standard InChI is InChI=1S/C13H23N3O3S/c1-2-19-9-4-7-16-8-6-14-13(16)15-12-5-3-10-20(17,18)11-12/h6,8,12H,2-5,7,9-11H2,1H3,(H,14,15). The third kappa shape index (κ3) is 4.49. The minimum absolute atomic E-state index is 0.0261. The third-order valence-corrected chi connectivity index (χ3v) is 5.22. The van der Waals surface area contributed by atoms with Crippen LogP contribution in [-0.2, 0) is 21.1 Å². The summed E-state index contributed by atoms with van der Waals surface area (Å²) in [7, 11) is -2.89. The fraction of sp³-hybridized carbons (Fsp3) is 0.769. The molecule has 114 valence electrons. The van der Waals surface area contributed by atoms with Crippen molar-refractivity contribution in [3.8, 4) is 0 Å². The highest BCUT2D eigenvalue weighted by Gasteiger charge is 2.25. The monoisotopic (exact) mass is 301 g/mol. The van der Waals surface area contributed by atoms with Gasteiger partial charge in [0.1, 0.15) is 0 Å². The van der Waals surface area contributed by atoms with Crippen LogP contribution in [0, 0.1) is 0 Å². The molecule has 2 rings (SSSR count). The predicted octanol–water partition coefficient (Wildman–Crippen LogP) is 1.30. The number of rotatable bonds is 7. The average Bonchev–Trinajstić information content (AvgIpc) is 2.81. The van der Waals surface area contributed by atoms with Crippen molar-refractivity contribution < 1.29 is 13.2 Å². The number of aromatic nitrogens is 2. The third-order valence-electron chi connectivity index (χ3n) is 3.40. The molecule has 1 N–H and O–H groups in total. The topological polar surface area (TPSA) is 73.2 Å². The quantitative estimate of drug-likeness (QED) is 0.768. The summed E-state index contributed by atoms with van der Waals surface area (Å²) >= 11 is 0. The van der Waals surface area contributed by atoms with Gasteiger partial charge in [-0.15, -0.1) is 0 Å². The molecule has 1 atom stereocenters. The first kappa shape index (κ1) is 15.3. The van der Waals surface area contributed by atoms with E-state index in [1.807, 2.05) is 17.7 Å². The van der Waals surface area contributed by atoms with Gasteiger partial charge in [-0.2, -0.15) is 0 Å². The van der Waals surface area contributed by atoms with E-state index < -0.39 is 9.84 Å². The Kier molecular flexibility index (Phi) is 5.42. The van der Waals surface area contributed by atoms with Crippen LogP contribution in [-0.4, -0.2) is 48.7 Å². The van der Waals surface area contributed by atoms with Crippen LogP contribution in [0.2, 0.25) is 0 Å². The van der Waals surface area contributed by atoms with Crippen molar-refractivity contribution >= 4 is 15.8 Å². The van der Waals surface area contributed by atoms with Crippen LogP contribution in [0.1, 0.15) is 26.2 Å². The van der Waals surface area contributed by atoms with Gasteiger partial charge >= 0.3 is 0 Å². The van der Waals surface area contributed by atoms with E-state index in [0.29, 0.717) is 5.75 Å². The highest BCUT2D eigenvalue weighted by molar-refractivity contribution is 7.91. The summed E-state index contributed by atoms with van der Waals surface area (Å²) in [5.74, 6) is 1.27. The summed E-state index contributed by atoms with van der Waals surface area (Å²) in [6.45, 7) is 4.26. The Morgan fingerprint density at radius 1 is 1.55 bits per heavy atom. The first-order valence-electron chi connectivity index (χ1n) is 7.16. The molecule has 1 aromatic rings. The average molecular weight is 301 g/mol. The number of hydrogen-bond acceptors (Lipinski definition) is 5. The summed E-state index contributed by atoms with van der Waals surface area (Å²) in [4.78, 5) is 4.27. The summed E-state index contributed by atoms with van der Waals surface area (Å²) in [6, 6.07) is -0.0261. The van der Waals surface area contributed by atoms with E-state index in [9.17, 15) is 8.42 Å². The smallest absolute Gasteiger partial charge is 0.203 e. The van der Waals surface area contributed by atoms with Gasteiger partial charge in [0.15, 0.2) is 9.84 Å². The fourth-order valence-corrected chi connectivity index (χ4v) is 4.07. The Morgan fingerprint density at radius 3 is 3.15 bits per heavy atom. The number of hydrogen-bond donors (Lipinski definition) is 1. The van der Waals surface area contributed by atoms with Gasteiger partial charge in [0.05, 0.1) is 11.5 Å². The van der Waals surface area contributed by atoms with Crippen molar-refractivity contribution in [2.45, 2.75) is 38.8 Å². The molecule has 0 radical (unpaired) electrons. The first-order chi connectivity index (χ1) is 9.61. The van der Waals surface area contributed by atoms with Crippen LogP contribution < -0.4 is 5.32 Å². The van der Waals surface area contributed by atoms with Gasteiger partial charge in [0.2, 0.25) is 5.95 Å². The summed E-state index contributed by atoms with van der Waals surface area (Å²) in [6.07, 6.45) is 6.17. The molecule has 1 fully saturated rings. The highest BCUT2D eigenvalue weighted by Crippen LogP contribution is 2.16. The lowest BCUT2D eigenvalue weighted by Crippen LogP contribution is -2.35. The summed E-state index contributed by atoms with van der Waals surface area (Å²) in [5, 5.41) is 3.26. The van der Waals surface area contributed by atoms with Crippen molar-refractivity contribution in [1.82, 2.24) is 9.55 Å². The van der Waals surface area contributed by atoms with Gasteiger partial charge in [0.25, 0.3) is 0 Å². The Labute approximate surface area is 120 Å². The number of sulfone groups is 1. The van der Waals surface area contributed by atoms with Crippen LogP contribution in [0.5, 0.6) is 0 Å². The molecule has 1 aromatic heterocycles. The zero-order chi connectivity index (χ0) is 14.4. The second-order valence-electron chi connectivity index (χ2n) is 5.09. The van der Waals surface area contributed by atoms with Crippen molar-refractivity contribution in [1.29, 1.82) is 0 Å². The molecule has 0 amide bonds. The molecule has 6 nitrogen and oxygen atoms in total. The molecular formula is C13H23N3O3S. The largest absolute Gasteiger partial charge is 0.382 e. The van der Waals surface area contributed by atoms with Crippen LogP contribution in [0.3, 0.4) is 0 Å². The van der Waals surface area contributed by atoms with E-state index >= 15 is 0 Å². The van der Waals surface area contributed by atoms with Crippen molar-refractivity contribution in [3.05, 3.63) is 12.4 Å². The van der Waals surface area contributed by atoms with E-state index in [4.69, 9.17) is 4.74 Å². The minimum atomic E-state index is -2.89. The molecule has 2 heterocycles. The van der Waals surface area contributed by atoms with Crippen molar-refractivity contribution in [3.63, 3.8) is 0 Å². The predicted molar refractivity (Wildman–Crippen MR) is 78.6 cm³/mol. The second-order valence-corrected chi connectivity index (χ2v) is 7.32. The van der Waals surface area contributed by atoms with Gasteiger partial charge in [0, 0.05) is 38.2 Å². The SMILES string of the molecule is CCOCCCn1ccnc1NC1CCCS(=O)(=O)C1. The lowest BCUT2D eigenvalue weighted by atomic mass is 10.2. The molecule has 1 unspecified atom stereocenters. The normalized spacial score (nSPS) is 21.8. The number of imidazole rings is 1. The van der Waals surface area contributed by atoms with E-state index in [0.717, 1.165) is 45.0 Å². The molecule has 1 aliphatic rings. The zero-order valence-corrected chi connectivity index (χ0v) is 12.7. The zero-order valence-electron chi connectivity index (χ0n) is 11.9. The lowest BCUT2D eigenvalue weighted by molar-refractivity contribution is 0.142. The molecule has 1 saturated heterocycles. The van der Waals surface area contributed by atoms with Crippen LogP contribution in [0.25, 0.3) is 0 Å². The van der Waals surface area contributed by atoms with Crippen molar-refractivity contribution in [2.75, 3.05) is 30.0 Å². The minimum Gasteiger partial charge on any atom is -0.382 e. The molecular weight excluding hydrogens is 278 g/mol. The molecule has 1 aliphatic heterocycles. The van der Waals surface area contributed by atoms with Gasteiger partial charge in [-0.05, 0) is 26.2 Å². The number of ether oxygens (including phenoxy) is 1. The molecule has 0 saturated carbocycles. The number of nitrogens with one attached hydrogen (secondary N) is 1. The Balaban J connectivity index is 1.88. The summed E-state index contributed by atoms with van der Waals surface area (Å²) in [5.41, 5.74) is 0. The molecule has 0 bridgehead atoms. The molecule has 0 aliphatic carbocycles. The van der Waals surface area contributed by atoms with Gasteiger partial charge in [-0.1, -0.05) is 0 Å². The maximum Gasteiger partial charge on any atom is 0.203 e. The van der Waals surface area contributed by atoms with Gasteiger partial charge in [-0.25, -0.2) is 13.4 Å². The Bertz CT molecular complexity index is 513. The van der Waals surface area contributed by atoms with Gasteiger partial charge in [-0.3, -0.25) is 0 Å². The number of nitrogens with zero attached hydrogens (tertiary/aromatic N) is 2. The van der Waals surface area contributed by atoms with E-state index in [1.54, 1.807) is 6.20 Å².